The van der Waals surface area contributed by atoms with Gasteiger partial charge in [0.15, 0.2) is 0 Å². The topological polar surface area (TPSA) is 71.5 Å². The highest BCUT2D eigenvalue weighted by Crippen LogP contribution is 2.46. The number of aromatic nitrogens is 1. The quantitative estimate of drug-likeness (QED) is 0.502. The molecule has 0 atom stereocenters. The van der Waals surface area contributed by atoms with Gasteiger partial charge < -0.3 is 15.0 Å². The Labute approximate surface area is 214 Å². The number of likely N-dealkylation sites (tertiary alicyclic amines) is 1. The summed E-state index contributed by atoms with van der Waals surface area (Å²) in [5.41, 5.74) is 2.35. The molecule has 0 spiro atoms. The van der Waals surface area contributed by atoms with Gasteiger partial charge in [-0.1, -0.05) is 29.3 Å². The average Bonchev–Trinajstić information content (AvgIpc) is 2.87. The van der Waals surface area contributed by atoms with Crippen LogP contribution < -0.4 is 10.1 Å². The molecule has 180 valence electrons. The van der Waals surface area contributed by atoms with E-state index in [0.717, 1.165) is 5.69 Å². The molecule has 0 radical (unpaired) electrons. The zero-order valence-corrected chi connectivity index (χ0v) is 20.6. The van der Waals surface area contributed by atoms with Crippen LogP contribution in [0.2, 0.25) is 10.0 Å². The Morgan fingerprint density at radius 3 is 2.23 bits per heavy atom. The normalized spacial score (nSPS) is 15.7. The number of nitrogens with one attached hydrogen (secondary N) is 1. The SMILES string of the molecule is O=C(NC1CCN(C(=O)CCc2ccccn2)CC1)C1c2cc(Cl)ccc2Oc2ccc(Cl)cc21. The molecule has 0 unspecified atom stereocenters. The van der Waals surface area contributed by atoms with E-state index in [1.165, 1.54) is 0 Å². The molecule has 3 heterocycles. The second kappa shape index (κ2) is 10.3. The number of hydrogen-bond donors (Lipinski definition) is 1. The van der Waals surface area contributed by atoms with E-state index in [4.69, 9.17) is 27.9 Å². The number of nitrogens with zero attached hydrogens (tertiary/aromatic N) is 2. The Morgan fingerprint density at radius 2 is 1.63 bits per heavy atom. The molecule has 0 bridgehead atoms. The molecule has 0 saturated carbocycles. The summed E-state index contributed by atoms with van der Waals surface area (Å²) in [5.74, 6) is 0.636. The lowest BCUT2D eigenvalue weighted by Gasteiger charge is -2.34. The third kappa shape index (κ3) is 5.29. The van der Waals surface area contributed by atoms with Crippen LogP contribution in [0.3, 0.4) is 0 Å². The van der Waals surface area contributed by atoms with Gasteiger partial charge in [-0.05, 0) is 67.8 Å². The van der Waals surface area contributed by atoms with Crippen LogP contribution in [0.25, 0.3) is 0 Å². The maximum Gasteiger partial charge on any atom is 0.232 e. The monoisotopic (exact) mass is 509 g/mol. The lowest BCUT2D eigenvalue weighted by molar-refractivity contribution is -0.132. The summed E-state index contributed by atoms with van der Waals surface area (Å²) in [7, 11) is 0. The van der Waals surface area contributed by atoms with Crippen molar-refractivity contribution in [3.05, 3.63) is 87.7 Å². The number of aryl methyl sites for hydroxylation is 1. The number of benzene rings is 2. The number of fused-ring (bicyclic) bond motifs is 2. The van der Waals surface area contributed by atoms with Gasteiger partial charge in [0.05, 0.1) is 5.92 Å². The van der Waals surface area contributed by atoms with Crippen LogP contribution in [0.1, 0.15) is 42.0 Å². The van der Waals surface area contributed by atoms with Crippen LogP contribution >= 0.6 is 23.2 Å². The van der Waals surface area contributed by atoms with Gasteiger partial charge in [0.1, 0.15) is 11.5 Å². The highest BCUT2D eigenvalue weighted by Gasteiger charge is 2.35. The number of hydrogen-bond acceptors (Lipinski definition) is 4. The largest absolute Gasteiger partial charge is 0.457 e. The van der Waals surface area contributed by atoms with Crippen LogP contribution in [0.4, 0.5) is 0 Å². The van der Waals surface area contributed by atoms with Crippen molar-refractivity contribution in [2.24, 2.45) is 0 Å². The fourth-order valence-corrected chi connectivity index (χ4v) is 5.10. The fourth-order valence-electron chi connectivity index (χ4n) is 4.74. The van der Waals surface area contributed by atoms with Gasteiger partial charge in [0.25, 0.3) is 0 Å². The van der Waals surface area contributed by atoms with Crippen LogP contribution in [-0.4, -0.2) is 40.8 Å². The third-order valence-corrected chi connectivity index (χ3v) is 7.03. The highest BCUT2D eigenvalue weighted by molar-refractivity contribution is 6.31. The molecular formula is C27H25Cl2N3O3. The minimum atomic E-state index is -0.579. The van der Waals surface area contributed by atoms with Gasteiger partial charge in [-0.3, -0.25) is 14.6 Å². The molecular weight excluding hydrogens is 485 g/mol. The number of halogens is 2. The van der Waals surface area contributed by atoms with Gasteiger partial charge in [-0.25, -0.2) is 0 Å². The van der Waals surface area contributed by atoms with Crippen molar-refractivity contribution >= 4 is 35.0 Å². The Balaban J connectivity index is 1.23. The first kappa shape index (κ1) is 23.6. The predicted octanol–water partition coefficient (Wildman–Crippen LogP) is 5.37. The first-order valence-electron chi connectivity index (χ1n) is 11.7. The third-order valence-electron chi connectivity index (χ3n) is 6.56. The zero-order chi connectivity index (χ0) is 24.4. The van der Waals surface area contributed by atoms with Crippen LogP contribution in [0.5, 0.6) is 11.5 Å². The molecule has 35 heavy (non-hydrogen) atoms. The van der Waals surface area contributed by atoms with Crippen molar-refractivity contribution < 1.29 is 14.3 Å². The number of pyridine rings is 1. The van der Waals surface area contributed by atoms with E-state index >= 15 is 0 Å². The van der Waals surface area contributed by atoms with E-state index in [2.05, 4.69) is 10.3 Å². The molecule has 3 aromatic rings. The standard InChI is InChI=1S/C27H25Cl2N3O3/c28-17-4-7-23-21(15-17)26(22-16-18(29)5-8-24(22)35-23)27(34)31-20-10-13-32(14-11-20)25(33)9-6-19-3-1-2-12-30-19/h1-5,7-8,12,15-16,20,26H,6,9-11,13-14H2,(H,31,34). The molecule has 8 heteroatoms. The molecule has 1 saturated heterocycles. The fraction of sp³-hybridized carbons (Fsp3) is 0.296. The summed E-state index contributed by atoms with van der Waals surface area (Å²) >= 11 is 12.5. The zero-order valence-electron chi connectivity index (χ0n) is 19.0. The van der Waals surface area contributed by atoms with Crippen molar-refractivity contribution in [3.8, 4) is 11.5 Å². The van der Waals surface area contributed by atoms with Gasteiger partial charge in [-0.15, -0.1) is 0 Å². The average molecular weight is 510 g/mol. The van der Waals surface area contributed by atoms with Gasteiger partial charge in [0.2, 0.25) is 11.8 Å². The number of ether oxygens (including phenoxy) is 1. The van der Waals surface area contributed by atoms with E-state index in [9.17, 15) is 9.59 Å². The maximum atomic E-state index is 13.5. The molecule has 5 rings (SSSR count). The molecule has 2 aliphatic rings. The van der Waals surface area contributed by atoms with Gasteiger partial charge >= 0.3 is 0 Å². The van der Waals surface area contributed by atoms with Crippen molar-refractivity contribution in [1.29, 1.82) is 0 Å². The minimum absolute atomic E-state index is 0.0181. The van der Waals surface area contributed by atoms with E-state index in [1.807, 2.05) is 23.1 Å². The van der Waals surface area contributed by atoms with E-state index in [1.54, 1.807) is 42.6 Å². The summed E-state index contributed by atoms with van der Waals surface area (Å²) in [6.07, 6.45) is 4.21. The molecule has 0 aliphatic carbocycles. The minimum Gasteiger partial charge on any atom is -0.457 e. The number of carbonyl (C=O) groups excluding carboxylic acids is 2. The Kier molecular flexibility index (Phi) is 6.93. The van der Waals surface area contributed by atoms with E-state index in [-0.39, 0.29) is 17.9 Å². The maximum absolute atomic E-state index is 13.5. The van der Waals surface area contributed by atoms with Gasteiger partial charge in [0, 0.05) is 58.6 Å². The molecule has 6 nitrogen and oxygen atoms in total. The predicted molar refractivity (Wildman–Crippen MR) is 135 cm³/mol. The lowest BCUT2D eigenvalue weighted by Crippen LogP contribution is -2.47. The first-order valence-corrected chi connectivity index (χ1v) is 12.5. The van der Waals surface area contributed by atoms with Gasteiger partial charge in [-0.2, -0.15) is 0 Å². The van der Waals surface area contributed by atoms with E-state index < -0.39 is 5.92 Å². The smallest absolute Gasteiger partial charge is 0.232 e. The first-order chi connectivity index (χ1) is 17.0. The number of piperidine rings is 1. The Morgan fingerprint density at radius 1 is 0.971 bits per heavy atom. The van der Waals surface area contributed by atoms with Crippen LogP contribution in [0, 0.1) is 0 Å². The van der Waals surface area contributed by atoms with Crippen molar-refractivity contribution in [2.45, 2.75) is 37.6 Å². The lowest BCUT2D eigenvalue weighted by atomic mass is 9.86. The second-order valence-corrected chi connectivity index (χ2v) is 9.76. The second-order valence-electron chi connectivity index (χ2n) is 8.88. The molecule has 2 aromatic carbocycles. The summed E-state index contributed by atoms with van der Waals surface area (Å²) < 4.78 is 6.01. The molecule has 1 aromatic heterocycles. The summed E-state index contributed by atoms with van der Waals surface area (Å²) in [5, 5.41) is 4.27. The van der Waals surface area contributed by atoms with Crippen molar-refractivity contribution in [1.82, 2.24) is 15.2 Å². The van der Waals surface area contributed by atoms with Crippen LogP contribution in [-0.2, 0) is 16.0 Å². The molecule has 2 amide bonds. The Hall–Kier alpha value is -3.09. The number of amides is 2. The summed E-state index contributed by atoms with van der Waals surface area (Å²) in [6, 6.07) is 16.3. The molecule has 1 fully saturated rings. The summed E-state index contributed by atoms with van der Waals surface area (Å²) in [4.78, 5) is 32.4. The molecule has 1 N–H and O–H groups in total. The Bertz CT molecular complexity index is 1190. The number of rotatable bonds is 5. The number of carbonyl (C=O) groups is 2. The van der Waals surface area contributed by atoms with Crippen LogP contribution in [0.15, 0.2) is 60.8 Å². The molecule has 2 aliphatic heterocycles. The van der Waals surface area contributed by atoms with Crippen molar-refractivity contribution in [2.75, 3.05) is 13.1 Å². The summed E-state index contributed by atoms with van der Waals surface area (Å²) in [6.45, 7) is 1.23. The van der Waals surface area contributed by atoms with E-state index in [0.29, 0.717) is 71.4 Å². The highest BCUT2D eigenvalue weighted by atomic mass is 35.5. The van der Waals surface area contributed by atoms with Crippen molar-refractivity contribution in [3.63, 3.8) is 0 Å².